The van der Waals surface area contributed by atoms with Crippen LogP contribution in [0.3, 0.4) is 0 Å². The van der Waals surface area contributed by atoms with Gasteiger partial charge in [-0.05, 0) is 54.1 Å². The van der Waals surface area contributed by atoms with E-state index in [0.29, 0.717) is 11.3 Å². The van der Waals surface area contributed by atoms with E-state index in [4.69, 9.17) is 4.42 Å². The van der Waals surface area contributed by atoms with E-state index in [1.165, 1.54) is 17.2 Å². The third-order valence-electron chi connectivity index (χ3n) is 6.67. The molecule has 2 aromatic heterocycles. The number of amides is 3. The van der Waals surface area contributed by atoms with Gasteiger partial charge < -0.3 is 15.1 Å². The van der Waals surface area contributed by atoms with Crippen LogP contribution in [0.25, 0.3) is 10.8 Å². The van der Waals surface area contributed by atoms with E-state index in [2.05, 4.69) is 15.6 Å². The van der Waals surface area contributed by atoms with Gasteiger partial charge in [-0.2, -0.15) is 0 Å². The molecule has 1 unspecified atom stereocenters. The van der Waals surface area contributed by atoms with Crippen molar-refractivity contribution in [2.45, 2.75) is 37.8 Å². The van der Waals surface area contributed by atoms with Gasteiger partial charge in [-0.1, -0.05) is 49.2 Å². The number of fused-ring (bicyclic) bond motifs is 1. The fourth-order valence-corrected chi connectivity index (χ4v) is 4.89. The Balaban J connectivity index is 1.55. The van der Waals surface area contributed by atoms with Gasteiger partial charge in [-0.25, -0.2) is 0 Å². The first-order valence-corrected chi connectivity index (χ1v) is 12.4. The van der Waals surface area contributed by atoms with Crippen LogP contribution in [0.4, 0.5) is 5.69 Å². The van der Waals surface area contributed by atoms with E-state index in [0.717, 1.165) is 36.5 Å². The number of carbonyl (C=O) groups is 3. The molecule has 8 heteroatoms. The summed E-state index contributed by atoms with van der Waals surface area (Å²) >= 11 is 0. The number of anilines is 1. The first kappa shape index (κ1) is 24.2. The number of pyridine rings is 1. The molecule has 5 rings (SSSR count). The molecule has 1 atom stereocenters. The van der Waals surface area contributed by atoms with Crippen molar-refractivity contribution in [1.82, 2.24) is 15.6 Å². The molecule has 0 spiro atoms. The zero-order valence-electron chi connectivity index (χ0n) is 20.3. The summed E-state index contributed by atoms with van der Waals surface area (Å²) in [7, 11) is 0. The van der Waals surface area contributed by atoms with Crippen molar-refractivity contribution in [2.75, 3.05) is 11.4 Å². The molecule has 0 bridgehead atoms. The first-order valence-electron chi connectivity index (χ1n) is 12.4. The van der Waals surface area contributed by atoms with Gasteiger partial charge in [0.25, 0.3) is 5.91 Å². The molecule has 8 nitrogen and oxygen atoms in total. The fourth-order valence-electron chi connectivity index (χ4n) is 4.89. The first-order chi connectivity index (χ1) is 18.1. The number of nitrogens with one attached hydrogen (secondary N) is 2. The maximum atomic E-state index is 13.9. The van der Waals surface area contributed by atoms with Crippen molar-refractivity contribution in [3.8, 4) is 0 Å². The number of benzene rings is 2. The summed E-state index contributed by atoms with van der Waals surface area (Å²) in [6.45, 7) is -0.318. The topological polar surface area (TPSA) is 105 Å². The summed E-state index contributed by atoms with van der Waals surface area (Å²) < 4.78 is 5.15. The highest BCUT2D eigenvalue weighted by Crippen LogP contribution is 2.34. The number of carbonyl (C=O) groups excluding carboxylic acids is 3. The molecule has 0 radical (unpaired) electrons. The summed E-state index contributed by atoms with van der Waals surface area (Å²) in [6.07, 6.45) is 8.56. The van der Waals surface area contributed by atoms with Crippen LogP contribution in [-0.2, 0) is 9.59 Å². The van der Waals surface area contributed by atoms with E-state index in [-0.39, 0.29) is 24.3 Å². The number of rotatable bonds is 8. The highest BCUT2D eigenvalue weighted by Gasteiger charge is 2.35. The molecule has 2 heterocycles. The molecular formula is C29H28N4O4. The van der Waals surface area contributed by atoms with Gasteiger partial charge in [0.1, 0.15) is 6.04 Å². The fraction of sp³-hybridized carbons (Fsp3) is 0.241. The van der Waals surface area contributed by atoms with Crippen LogP contribution in [0.1, 0.15) is 47.8 Å². The minimum Gasteiger partial charge on any atom is -0.459 e. The molecule has 2 aromatic carbocycles. The van der Waals surface area contributed by atoms with Crippen LogP contribution in [0.2, 0.25) is 0 Å². The number of furan rings is 1. The Morgan fingerprint density at radius 2 is 1.70 bits per heavy atom. The molecule has 3 amide bonds. The third kappa shape index (κ3) is 5.38. The average molecular weight is 497 g/mol. The highest BCUT2D eigenvalue weighted by atomic mass is 16.3. The lowest BCUT2D eigenvalue weighted by atomic mass is 10.0. The van der Waals surface area contributed by atoms with Gasteiger partial charge in [-0.15, -0.1) is 0 Å². The molecule has 1 fully saturated rings. The van der Waals surface area contributed by atoms with Crippen LogP contribution in [-0.4, -0.2) is 35.3 Å². The molecule has 188 valence electrons. The minimum absolute atomic E-state index is 0.0694. The lowest BCUT2D eigenvalue weighted by Crippen LogP contribution is -2.49. The Labute approximate surface area is 214 Å². The van der Waals surface area contributed by atoms with Gasteiger partial charge >= 0.3 is 0 Å². The normalized spacial score (nSPS) is 14.3. The van der Waals surface area contributed by atoms with E-state index < -0.39 is 17.9 Å². The Morgan fingerprint density at radius 1 is 0.946 bits per heavy atom. The van der Waals surface area contributed by atoms with Crippen molar-refractivity contribution in [1.29, 1.82) is 0 Å². The summed E-state index contributed by atoms with van der Waals surface area (Å²) in [5.74, 6) is -1.10. The van der Waals surface area contributed by atoms with Gasteiger partial charge in [0.05, 0.1) is 18.5 Å². The molecule has 0 aliphatic heterocycles. The highest BCUT2D eigenvalue weighted by molar-refractivity contribution is 6.09. The summed E-state index contributed by atoms with van der Waals surface area (Å²) in [6, 6.07) is 19.1. The zero-order chi connectivity index (χ0) is 25.6. The lowest BCUT2D eigenvalue weighted by Gasteiger charge is -2.33. The molecule has 0 saturated heterocycles. The van der Waals surface area contributed by atoms with E-state index in [1.807, 2.05) is 42.5 Å². The Bertz CT molecular complexity index is 1380. The van der Waals surface area contributed by atoms with Crippen molar-refractivity contribution in [3.05, 3.63) is 96.7 Å². The van der Waals surface area contributed by atoms with Crippen molar-refractivity contribution < 1.29 is 18.8 Å². The molecule has 1 saturated carbocycles. The van der Waals surface area contributed by atoms with E-state index in [1.54, 1.807) is 30.6 Å². The van der Waals surface area contributed by atoms with Crippen LogP contribution in [0.15, 0.2) is 89.8 Å². The zero-order valence-corrected chi connectivity index (χ0v) is 20.3. The van der Waals surface area contributed by atoms with Crippen molar-refractivity contribution >= 4 is 34.2 Å². The number of hydrogen-bond acceptors (Lipinski definition) is 5. The number of aromatic nitrogens is 1. The Kier molecular flexibility index (Phi) is 7.26. The predicted molar refractivity (Wildman–Crippen MR) is 140 cm³/mol. The van der Waals surface area contributed by atoms with Crippen LogP contribution in [0, 0.1) is 0 Å². The largest absolute Gasteiger partial charge is 0.459 e. The second-order valence-electron chi connectivity index (χ2n) is 9.10. The lowest BCUT2D eigenvalue weighted by molar-refractivity contribution is -0.126. The molecule has 1 aliphatic rings. The maximum Gasteiger partial charge on any atom is 0.287 e. The van der Waals surface area contributed by atoms with Gasteiger partial charge in [-0.3, -0.25) is 24.3 Å². The van der Waals surface area contributed by atoms with Crippen molar-refractivity contribution in [3.63, 3.8) is 0 Å². The monoisotopic (exact) mass is 496 g/mol. The molecule has 1 aliphatic carbocycles. The number of hydrogen-bond donors (Lipinski definition) is 2. The maximum absolute atomic E-state index is 13.9. The third-order valence-corrected chi connectivity index (χ3v) is 6.67. The van der Waals surface area contributed by atoms with E-state index >= 15 is 0 Å². The SMILES string of the molecule is O=C(NCC(=O)N(c1cccc2ccccc12)C(C(=O)NC1CCCC1)c1ccncc1)c1ccco1. The molecule has 37 heavy (non-hydrogen) atoms. The summed E-state index contributed by atoms with van der Waals surface area (Å²) in [5, 5.41) is 7.55. The molecular weight excluding hydrogens is 468 g/mol. The predicted octanol–water partition coefficient (Wildman–Crippen LogP) is 4.39. The standard InChI is InChI=1S/C29H28N4O4/c34-26(19-31-28(35)25-13-6-18-37-25)33(24-12-5-8-20-7-1-4-11-23(20)24)27(21-14-16-30-17-15-21)29(36)32-22-9-2-3-10-22/h1,4-8,11-18,22,27H,2-3,9-10,19H2,(H,31,35)(H,32,36). The van der Waals surface area contributed by atoms with Crippen LogP contribution in [0.5, 0.6) is 0 Å². The van der Waals surface area contributed by atoms with Gasteiger partial charge in [0.2, 0.25) is 11.8 Å². The van der Waals surface area contributed by atoms with Crippen molar-refractivity contribution in [2.24, 2.45) is 0 Å². The second kappa shape index (κ2) is 11.1. The quantitative estimate of drug-likeness (QED) is 0.377. The van der Waals surface area contributed by atoms with Crippen LogP contribution < -0.4 is 15.5 Å². The summed E-state index contributed by atoms with van der Waals surface area (Å²) in [5.41, 5.74) is 1.21. The molecule has 2 N–H and O–H groups in total. The van der Waals surface area contributed by atoms with Crippen LogP contribution >= 0.6 is 0 Å². The van der Waals surface area contributed by atoms with E-state index in [9.17, 15) is 14.4 Å². The minimum atomic E-state index is -0.956. The number of nitrogens with zero attached hydrogens (tertiary/aromatic N) is 2. The smallest absolute Gasteiger partial charge is 0.287 e. The van der Waals surface area contributed by atoms with Gasteiger partial charge in [0.15, 0.2) is 5.76 Å². The van der Waals surface area contributed by atoms with Gasteiger partial charge in [0, 0.05) is 23.8 Å². The molecule has 4 aromatic rings. The average Bonchev–Trinajstić information content (AvgIpc) is 3.65. The second-order valence-corrected chi connectivity index (χ2v) is 9.10. The Morgan fingerprint density at radius 3 is 2.46 bits per heavy atom. The Hall–Kier alpha value is -4.46. The summed E-state index contributed by atoms with van der Waals surface area (Å²) in [4.78, 5) is 45.9.